The highest BCUT2D eigenvalue weighted by atomic mass is 15.2. The molecule has 1 heterocycles. The van der Waals surface area contributed by atoms with Crippen LogP contribution in [-0.4, -0.2) is 24.0 Å². The molecule has 1 saturated heterocycles. The lowest BCUT2D eigenvalue weighted by atomic mass is 9.72. The Morgan fingerprint density at radius 2 is 1.81 bits per heavy atom. The summed E-state index contributed by atoms with van der Waals surface area (Å²) in [5.74, 6) is 0. The molecule has 1 aliphatic carbocycles. The third-order valence-electron chi connectivity index (χ3n) is 4.58. The maximum absolute atomic E-state index is 8.84. The summed E-state index contributed by atoms with van der Waals surface area (Å²) in [5, 5.41) is 8.84. The molecule has 90 valence electrons. The smallest absolute Gasteiger partial charge is 0.0627 e. The maximum Gasteiger partial charge on any atom is 0.0627 e. The van der Waals surface area contributed by atoms with E-state index in [4.69, 9.17) is 5.26 Å². The van der Waals surface area contributed by atoms with Gasteiger partial charge in [-0.2, -0.15) is 5.26 Å². The summed E-state index contributed by atoms with van der Waals surface area (Å²) in [7, 11) is 0. The van der Waals surface area contributed by atoms with Crippen LogP contribution in [0.15, 0.2) is 0 Å². The van der Waals surface area contributed by atoms with Gasteiger partial charge in [0, 0.05) is 12.5 Å². The van der Waals surface area contributed by atoms with Crippen molar-refractivity contribution in [3.63, 3.8) is 0 Å². The number of nitriles is 1. The zero-order chi connectivity index (χ0) is 11.4. The zero-order valence-electron chi connectivity index (χ0n) is 10.5. The zero-order valence-corrected chi connectivity index (χ0v) is 10.5. The highest BCUT2D eigenvalue weighted by Crippen LogP contribution is 2.40. The van der Waals surface area contributed by atoms with E-state index in [0.29, 0.717) is 5.41 Å². The second-order valence-electron chi connectivity index (χ2n) is 5.97. The molecule has 0 aromatic carbocycles. The fourth-order valence-corrected chi connectivity index (χ4v) is 3.32. The lowest BCUT2D eigenvalue weighted by Gasteiger charge is -2.42. The van der Waals surface area contributed by atoms with Crippen molar-refractivity contribution in [3.8, 4) is 6.07 Å². The summed E-state index contributed by atoms with van der Waals surface area (Å²) in [6.07, 6.45) is 10.1. The van der Waals surface area contributed by atoms with Gasteiger partial charge in [0.25, 0.3) is 0 Å². The maximum atomic E-state index is 8.84. The highest BCUT2D eigenvalue weighted by molar-refractivity contribution is 4.92. The van der Waals surface area contributed by atoms with E-state index in [-0.39, 0.29) is 0 Å². The van der Waals surface area contributed by atoms with Crippen molar-refractivity contribution < 1.29 is 0 Å². The molecule has 1 saturated carbocycles. The monoisotopic (exact) mass is 220 g/mol. The van der Waals surface area contributed by atoms with Crippen LogP contribution >= 0.6 is 0 Å². The number of nitrogens with zero attached hydrogens (tertiary/aromatic N) is 2. The lowest BCUT2D eigenvalue weighted by molar-refractivity contribution is 0.0852. The van der Waals surface area contributed by atoms with Crippen molar-refractivity contribution >= 4 is 0 Å². The normalized spacial score (nSPS) is 36.9. The van der Waals surface area contributed by atoms with Crippen LogP contribution in [-0.2, 0) is 0 Å². The van der Waals surface area contributed by atoms with Gasteiger partial charge in [-0.1, -0.05) is 13.3 Å². The molecule has 16 heavy (non-hydrogen) atoms. The van der Waals surface area contributed by atoms with Gasteiger partial charge in [0.15, 0.2) is 0 Å². The van der Waals surface area contributed by atoms with E-state index in [2.05, 4.69) is 17.9 Å². The van der Waals surface area contributed by atoms with Gasteiger partial charge in [0.05, 0.1) is 6.07 Å². The van der Waals surface area contributed by atoms with E-state index in [1.807, 2.05) is 0 Å². The summed E-state index contributed by atoms with van der Waals surface area (Å²) in [4.78, 5) is 2.70. The van der Waals surface area contributed by atoms with E-state index in [0.717, 1.165) is 12.5 Å². The van der Waals surface area contributed by atoms with E-state index in [1.165, 1.54) is 58.0 Å². The van der Waals surface area contributed by atoms with E-state index in [1.54, 1.807) is 0 Å². The number of likely N-dealkylation sites (tertiary alicyclic amines) is 1. The van der Waals surface area contributed by atoms with Crippen LogP contribution in [0.4, 0.5) is 0 Å². The molecule has 0 spiro atoms. The third-order valence-corrected chi connectivity index (χ3v) is 4.58. The van der Waals surface area contributed by atoms with Gasteiger partial charge >= 0.3 is 0 Å². The molecule has 0 aromatic rings. The minimum Gasteiger partial charge on any atom is -0.300 e. The van der Waals surface area contributed by atoms with Crippen LogP contribution in [0.2, 0.25) is 0 Å². The molecule has 2 rings (SSSR count). The molecule has 2 heteroatoms. The van der Waals surface area contributed by atoms with Crippen LogP contribution in [0.5, 0.6) is 0 Å². The standard InChI is InChI=1S/C14H24N2/c1-14(9-10-15)7-5-13(6-8-14)16-11-3-2-4-12-16/h13H,2-9,11-12H2,1H3/t13-,14-. The summed E-state index contributed by atoms with van der Waals surface area (Å²) in [6.45, 7) is 4.93. The Bertz CT molecular complexity index is 252. The fraction of sp³-hybridized carbons (Fsp3) is 0.929. The van der Waals surface area contributed by atoms with Crippen LogP contribution in [0.25, 0.3) is 0 Å². The second kappa shape index (κ2) is 5.19. The van der Waals surface area contributed by atoms with Crippen LogP contribution < -0.4 is 0 Å². The van der Waals surface area contributed by atoms with Crippen LogP contribution in [0.1, 0.15) is 58.3 Å². The SMILES string of the molecule is C[C@]1(CC#N)CC[C@H](N2CCCCC2)CC1. The van der Waals surface area contributed by atoms with Gasteiger partial charge in [-0.15, -0.1) is 0 Å². The van der Waals surface area contributed by atoms with Gasteiger partial charge in [-0.3, -0.25) is 0 Å². The third kappa shape index (κ3) is 2.77. The highest BCUT2D eigenvalue weighted by Gasteiger charge is 2.33. The first-order valence-electron chi connectivity index (χ1n) is 6.84. The molecule has 0 radical (unpaired) electrons. The minimum atomic E-state index is 0.320. The van der Waals surface area contributed by atoms with Gasteiger partial charge in [0.2, 0.25) is 0 Å². The largest absolute Gasteiger partial charge is 0.300 e. The first kappa shape index (κ1) is 11.9. The first-order chi connectivity index (χ1) is 7.73. The first-order valence-corrected chi connectivity index (χ1v) is 6.84. The average molecular weight is 220 g/mol. The predicted octanol–water partition coefficient (Wildman–Crippen LogP) is 3.33. The Hall–Kier alpha value is -0.550. The number of rotatable bonds is 2. The molecule has 1 aliphatic heterocycles. The fourth-order valence-electron chi connectivity index (χ4n) is 3.32. The Morgan fingerprint density at radius 3 is 2.38 bits per heavy atom. The van der Waals surface area contributed by atoms with E-state index < -0.39 is 0 Å². The van der Waals surface area contributed by atoms with Crippen LogP contribution in [0.3, 0.4) is 0 Å². The molecule has 0 N–H and O–H groups in total. The molecule has 0 amide bonds. The van der Waals surface area contributed by atoms with Crippen LogP contribution in [0, 0.1) is 16.7 Å². The quantitative estimate of drug-likeness (QED) is 0.713. The molecule has 2 fully saturated rings. The van der Waals surface area contributed by atoms with Gasteiger partial charge < -0.3 is 4.90 Å². The predicted molar refractivity (Wildman–Crippen MR) is 66.0 cm³/mol. The Balaban J connectivity index is 1.82. The van der Waals surface area contributed by atoms with Gasteiger partial charge in [-0.25, -0.2) is 0 Å². The van der Waals surface area contributed by atoms with Gasteiger partial charge in [-0.05, 0) is 57.0 Å². The Labute approximate surface area is 99.6 Å². The summed E-state index contributed by atoms with van der Waals surface area (Å²) < 4.78 is 0. The molecular weight excluding hydrogens is 196 g/mol. The average Bonchev–Trinajstić information content (AvgIpc) is 2.31. The molecule has 2 nitrogen and oxygen atoms in total. The topological polar surface area (TPSA) is 27.0 Å². The van der Waals surface area contributed by atoms with Crippen molar-refractivity contribution in [1.82, 2.24) is 4.90 Å². The van der Waals surface area contributed by atoms with Crippen molar-refractivity contribution in [1.29, 1.82) is 5.26 Å². The number of hydrogen-bond donors (Lipinski definition) is 0. The van der Waals surface area contributed by atoms with Crippen molar-refractivity contribution in [3.05, 3.63) is 0 Å². The molecule has 0 unspecified atom stereocenters. The molecule has 2 aliphatic rings. The lowest BCUT2D eigenvalue weighted by Crippen LogP contribution is -2.42. The molecule has 0 atom stereocenters. The summed E-state index contributed by atoms with van der Waals surface area (Å²) in [6, 6.07) is 3.18. The Kier molecular flexibility index (Phi) is 3.86. The summed E-state index contributed by atoms with van der Waals surface area (Å²) in [5.41, 5.74) is 0.320. The number of piperidine rings is 1. The molecule has 0 aromatic heterocycles. The summed E-state index contributed by atoms with van der Waals surface area (Å²) >= 11 is 0. The van der Waals surface area contributed by atoms with Crippen molar-refractivity contribution in [2.75, 3.05) is 13.1 Å². The van der Waals surface area contributed by atoms with E-state index >= 15 is 0 Å². The van der Waals surface area contributed by atoms with Gasteiger partial charge in [0.1, 0.15) is 0 Å². The van der Waals surface area contributed by atoms with Crippen molar-refractivity contribution in [2.45, 2.75) is 64.3 Å². The van der Waals surface area contributed by atoms with E-state index in [9.17, 15) is 0 Å². The molecule has 0 bridgehead atoms. The van der Waals surface area contributed by atoms with Crippen molar-refractivity contribution in [2.24, 2.45) is 5.41 Å². The number of hydrogen-bond acceptors (Lipinski definition) is 2. The minimum absolute atomic E-state index is 0.320. The second-order valence-corrected chi connectivity index (χ2v) is 5.97. The Morgan fingerprint density at radius 1 is 1.19 bits per heavy atom. The molecular formula is C14H24N2.